The number of rotatable bonds is 3. The molecule has 0 aliphatic rings. The van der Waals surface area contributed by atoms with Gasteiger partial charge >= 0.3 is 6.03 Å². The molecule has 0 atom stereocenters. The summed E-state index contributed by atoms with van der Waals surface area (Å²) in [5, 5.41) is 6.10. The molecule has 0 heterocycles. The highest BCUT2D eigenvalue weighted by Crippen LogP contribution is 2.22. The molecule has 0 saturated carbocycles. The minimum absolute atomic E-state index is 0.326. The van der Waals surface area contributed by atoms with Crippen LogP contribution in [-0.2, 0) is 0 Å². The third-order valence-corrected chi connectivity index (χ3v) is 1.96. The maximum atomic E-state index is 11.2. The monoisotopic (exact) mass is 244 g/mol. The Bertz CT molecular complexity index is 359. The van der Waals surface area contributed by atoms with Gasteiger partial charge in [0.15, 0.2) is 0 Å². The molecule has 3 nitrogen and oxygen atoms in total. The number of amides is 2. The van der Waals surface area contributed by atoms with Gasteiger partial charge in [-0.15, -0.1) is 6.58 Å². The number of carbonyl (C=O) groups excluding carboxylic acids is 1. The molecule has 1 aromatic rings. The Morgan fingerprint density at radius 2 is 1.93 bits per heavy atom. The zero-order valence-electron chi connectivity index (χ0n) is 7.89. The Hall–Kier alpha value is -1.19. The molecule has 0 unspecified atom stereocenters. The van der Waals surface area contributed by atoms with Gasteiger partial charge in [-0.3, -0.25) is 0 Å². The highest BCUT2D eigenvalue weighted by Gasteiger charge is 2.02. The fourth-order valence-corrected chi connectivity index (χ4v) is 1.49. The standard InChI is InChI=1S/C10H10Cl2N2O/c1-2-3-13-10(15)14-9-5-7(11)4-8(12)6-9/h2,4-6H,1,3H2,(H2,13,14,15). The number of anilines is 1. The molecule has 0 aromatic heterocycles. The maximum absolute atomic E-state index is 11.2. The fraction of sp³-hybridized carbons (Fsp3) is 0.100. The third-order valence-electron chi connectivity index (χ3n) is 1.53. The largest absolute Gasteiger partial charge is 0.334 e. The lowest BCUT2D eigenvalue weighted by molar-refractivity contribution is 0.253. The van der Waals surface area contributed by atoms with Crippen molar-refractivity contribution in [1.29, 1.82) is 0 Å². The second-order valence-corrected chi connectivity index (χ2v) is 3.65. The van der Waals surface area contributed by atoms with Crippen molar-refractivity contribution >= 4 is 34.9 Å². The molecule has 2 amide bonds. The van der Waals surface area contributed by atoms with Gasteiger partial charge in [0.1, 0.15) is 0 Å². The van der Waals surface area contributed by atoms with Gasteiger partial charge in [-0.1, -0.05) is 29.3 Å². The zero-order valence-corrected chi connectivity index (χ0v) is 9.40. The van der Waals surface area contributed by atoms with E-state index in [9.17, 15) is 4.79 Å². The molecule has 0 radical (unpaired) electrons. The van der Waals surface area contributed by atoms with Crippen LogP contribution in [0, 0.1) is 0 Å². The van der Waals surface area contributed by atoms with E-state index < -0.39 is 0 Å². The number of halogens is 2. The second-order valence-electron chi connectivity index (χ2n) is 2.78. The molecule has 1 aromatic carbocycles. The van der Waals surface area contributed by atoms with Crippen LogP contribution in [0.15, 0.2) is 30.9 Å². The highest BCUT2D eigenvalue weighted by atomic mass is 35.5. The summed E-state index contributed by atoms with van der Waals surface area (Å²) >= 11 is 11.5. The predicted octanol–water partition coefficient (Wildman–Crippen LogP) is 3.30. The Morgan fingerprint density at radius 1 is 1.33 bits per heavy atom. The average molecular weight is 245 g/mol. The van der Waals surface area contributed by atoms with Gasteiger partial charge < -0.3 is 10.6 Å². The number of hydrogen-bond donors (Lipinski definition) is 2. The number of benzene rings is 1. The Kier molecular flexibility index (Phi) is 4.46. The molecule has 0 aliphatic carbocycles. The van der Waals surface area contributed by atoms with Crippen LogP contribution in [0.2, 0.25) is 10.0 Å². The van der Waals surface area contributed by atoms with Crippen LogP contribution in [0.5, 0.6) is 0 Å². The van der Waals surface area contributed by atoms with Crippen LogP contribution in [0.1, 0.15) is 0 Å². The molecular weight excluding hydrogens is 235 g/mol. The van der Waals surface area contributed by atoms with E-state index in [1.807, 2.05) is 0 Å². The smallest absolute Gasteiger partial charge is 0.319 e. The number of urea groups is 1. The summed E-state index contributed by atoms with van der Waals surface area (Å²) in [6.07, 6.45) is 1.59. The summed E-state index contributed by atoms with van der Waals surface area (Å²) < 4.78 is 0. The van der Waals surface area contributed by atoms with Crippen molar-refractivity contribution in [2.45, 2.75) is 0 Å². The highest BCUT2D eigenvalue weighted by molar-refractivity contribution is 6.35. The van der Waals surface area contributed by atoms with Crippen LogP contribution in [-0.4, -0.2) is 12.6 Å². The van der Waals surface area contributed by atoms with Crippen molar-refractivity contribution in [3.05, 3.63) is 40.9 Å². The van der Waals surface area contributed by atoms with Crippen molar-refractivity contribution in [2.75, 3.05) is 11.9 Å². The van der Waals surface area contributed by atoms with Gasteiger partial charge in [0, 0.05) is 22.3 Å². The first-order valence-electron chi connectivity index (χ1n) is 4.23. The van der Waals surface area contributed by atoms with Gasteiger partial charge in [0.05, 0.1) is 0 Å². The number of carbonyl (C=O) groups is 1. The first-order chi connectivity index (χ1) is 7.11. The molecule has 0 fully saturated rings. The topological polar surface area (TPSA) is 41.1 Å². The molecule has 2 N–H and O–H groups in total. The van der Waals surface area contributed by atoms with Crippen LogP contribution < -0.4 is 10.6 Å². The van der Waals surface area contributed by atoms with Crippen molar-refractivity contribution in [3.63, 3.8) is 0 Å². The Balaban J connectivity index is 2.63. The molecule has 80 valence electrons. The van der Waals surface area contributed by atoms with Crippen LogP contribution in [0.4, 0.5) is 10.5 Å². The van der Waals surface area contributed by atoms with Crippen molar-refractivity contribution < 1.29 is 4.79 Å². The summed E-state index contributed by atoms with van der Waals surface area (Å²) in [6.45, 7) is 3.89. The lowest BCUT2D eigenvalue weighted by Crippen LogP contribution is -2.28. The lowest BCUT2D eigenvalue weighted by atomic mass is 10.3. The van der Waals surface area contributed by atoms with Crippen molar-refractivity contribution in [1.82, 2.24) is 5.32 Å². The van der Waals surface area contributed by atoms with E-state index in [1.165, 1.54) is 0 Å². The molecule has 0 aliphatic heterocycles. The average Bonchev–Trinajstić information content (AvgIpc) is 2.13. The summed E-state index contributed by atoms with van der Waals surface area (Å²) in [6, 6.07) is 4.49. The maximum Gasteiger partial charge on any atom is 0.319 e. The van der Waals surface area contributed by atoms with E-state index in [2.05, 4.69) is 17.2 Å². The first kappa shape index (κ1) is 11.9. The van der Waals surface area contributed by atoms with Gasteiger partial charge in [-0.05, 0) is 18.2 Å². The summed E-state index contributed by atoms with van der Waals surface area (Å²) in [5.74, 6) is 0. The van der Waals surface area contributed by atoms with E-state index in [0.717, 1.165) is 0 Å². The Morgan fingerprint density at radius 3 is 2.47 bits per heavy atom. The van der Waals surface area contributed by atoms with Crippen molar-refractivity contribution in [2.24, 2.45) is 0 Å². The lowest BCUT2D eigenvalue weighted by Gasteiger charge is -2.06. The van der Waals surface area contributed by atoms with Crippen LogP contribution >= 0.6 is 23.2 Å². The molecule has 15 heavy (non-hydrogen) atoms. The quantitative estimate of drug-likeness (QED) is 0.788. The van der Waals surface area contributed by atoms with Gasteiger partial charge in [-0.25, -0.2) is 4.79 Å². The summed E-state index contributed by atoms with van der Waals surface area (Å²) in [5.41, 5.74) is 0.550. The van der Waals surface area contributed by atoms with E-state index in [1.54, 1.807) is 24.3 Å². The molecular formula is C10H10Cl2N2O. The predicted molar refractivity (Wildman–Crippen MR) is 63.7 cm³/mol. The first-order valence-corrected chi connectivity index (χ1v) is 4.99. The normalized spacial score (nSPS) is 9.47. The molecule has 0 bridgehead atoms. The SMILES string of the molecule is C=CCNC(=O)Nc1cc(Cl)cc(Cl)c1. The molecule has 5 heteroatoms. The van der Waals surface area contributed by atoms with Crippen molar-refractivity contribution in [3.8, 4) is 0 Å². The van der Waals surface area contributed by atoms with E-state index in [4.69, 9.17) is 23.2 Å². The number of hydrogen-bond acceptors (Lipinski definition) is 1. The molecule has 1 rings (SSSR count). The molecule has 0 spiro atoms. The van der Waals surface area contributed by atoms with Crippen LogP contribution in [0.25, 0.3) is 0 Å². The van der Waals surface area contributed by atoms with E-state index in [0.29, 0.717) is 22.3 Å². The van der Waals surface area contributed by atoms with E-state index >= 15 is 0 Å². The third kappa shape index (κ3) is 4.23. The summed E-state index contributed by atoms with van der Waals surface area (Å²) in [7, 11) is 0. The van der Waals surface area contributed by atoms with Gasteiger partial charge in [0.2, 0.25) is 0 Å². The fourth-order valence-electron chi connectivity index (χ4n) is 0.966. The van der Waals surface area contributed by atoms with Crippen LogP contribution in [0.3, 0.4) is 0 Å². The Labute approximate surface area is 98.1 Å². The van der Waals surface area contributed by atoms with Gasteiger partial charge in [0.25, 0.3) is 0 Å². The van der Waals surface area contributed by atoms with E-state index in [-0.39, 0.29) is 6.03 Å². The minimum Gasteiger partial charge on any atom is -0.334 e. The summed E-state index contributed by atoms with van der Waals surface area (Å²) in [4.78, 5) is 11.2. The minimum atomic E-state index is -0.326. The second kappa shape index (κ2) is 5.63. The zero-order chi connectivity index (χ0) is 11.3. The van der Waals surface area contributed by atoms with Gasteiger partial charge in [-0.2, -0.15) is 0 Å². The molecule has 0 saturated heterocycles. The number of nitrogens with one attached hydrogen (secondary N) is 2.